The second-order valence-electron chi connectivity index (χ2n) is 7.60. The minimum atomic E-state index is -4.45. The van der Waals surface area contributed by atoms with Gasteiger partial charge in [0.25, 0.3) is 5.91 Å². The summed E-state index contributed by atoms with van der Waals surface area (Å²) >= 11 is 0. The van der Waals surface area contributed by atoms with Gasteiger partial charge in [-0.1, -0.05) is 18.2 Å². The second kappa shape index (κ2) is 7.74. The number of fused-ring (bicyclic) bond motifs is 2. The predicted molar refractivity (Wildman–Crippen MR) is 99.7 cm³/mol. The van der Waals surface area contributed by atoms with Crippen molar-refractivity contribution in [2.75, 3.05) is 32.8 Å². The van der Waals surface area contributed by atoms with Crippen LogP contribution in [0.25, 0.3) is 11.1 Å². The van der Waals surface area contributed by atoms with Gasteiger partial charge in [-0.2, -0.15) is 26.3 Å². The topological polar surface area (TPSA) is 32.8 Å². The van der Waals surface area contributed by atoms with Gasteiger partial charge in [-0.15, -0.1) is 0 Å². The van der Waals surface area contributed by atoms with E-state index in [1.54, 1.807) is 18.2 Å². The SMILES string of the molecule is O=C1c2cc(-c3ccc(C(F)(F)F)cc3)ccc2OCC2CN(CC(F)(F)F)CCN12. The summed E-state index contributed by atoms with van der Waals surface area (Å²) in [4.78, 5) is 15.8. The molecule has 0 aliphatic carbocycles. The minimum Gasteiger partial charge on any atom is -0.491 e. The van der Waals surface area contributed by atoms with Gasteiger partial charge in [0.2, 0.25) is 0 Å². The molecule has 2 aromatic rings. The third-order valence-electron chi connectivity index (χ3n) is 5.42. The van der Waals surface area contributed by atoms with Crippen LogP contribution >= 0.6 is 0 Å². The molecule has 1 atom stereocenters. The highest BCUT2D eigenvalue weighted by Crippen LogP contribution is 2.34. The molecule has 0 saturated carbocycles. The fourth-order valence-corrected chi connectivity index (χ4v) is 3.92. The Hall–Kier alpha value is -2.75. The van der Waals surface area contributed by atoms with Crippen LogP contribution in [-0.4, -0.2) is 60.7 Å². The van der Waals surface area contributed by atoms with Gasteiger partial charge >= 0.3 is 12.4 Å². The molecule has 1 saturated heterocycles. The molecule has 1 fully saturated rings. The molecule has 1 amide bonds. The maximum Gasteiger partial charge on any atom is 0.416 e. The van der Waals surface area contributed by atoms with Gasteiger partial charge in [-0.25, -0.2) is 0 Å². The number of amides is 1. The van der Waals surface area contributed by atoms with Crippen molar-refractivity contribution in [1.29, 1.82) is 0 Å². The third kappa shape index (κ3) is 4.63. The summed E-state index contributed by atoms with van der Waals surface area (Å²) in [7, 11) is 0. The smallest absolute Gasteiger partial charge is 0.416 e. The summed E-state index contributed by atoms with van der Waals surface area (Å²) in [6, 6.07) is 8.80. The lowest BCUT2D eigenvalue weighted by Crippen LogP contribution is -2.57. The minimum absolute atomic E-state index is 0.0466. The van der Waals surface area contributed by atoms with Crippen LogP contribution < -0.4 is 4.74 Å². The molecule has 2 aromatic carbocycles. The normalized spacial score (nSPS) is 20.0. The summed E-state index contributed by atoms with van der Waals surface area (Å²) in [5.41, 5.74) is 0.507. The summed E-state index contributed by atoms with van der Waals surface area (Å²) in [6.07, 6.45) is -8.77. The molecule has 166 valence electrons. The molecule has 0 radical (unpaired) electrons. The van der Waals surface area contributed by atoms with Crippen molar-refractivity contribution in [2.24, 2.45) is 0 Å². The van der Waals surface area contributed by atoms with Crippen molar-refractivity contribution in [1.82, 2.24) is 9.80 Å². The Morgan fingerprint density at radius 1 is 0.935 bits per heavy atom. The Morgan fingerprint density at radius 2 is 1.61 bits per heavy atom. The number of alkyl halides is 6. The molecule has 0 spiro atoms. The Bertz CT molecular complexity index is 971. The number of hydrogen-bond donors (Lipinski definition) is 0. The number of benzene rings is 2. The summed E-state index contributed by atoms with van der Waals surface area (Å²) in [5.74, 6) is -0.0599. The van der Waals surface area contributed by atoms with Crippen LogP contribution in [0.15, 0.2) is 42.5 Å². The van der Waals surface area contributed by atoms with E-state index in [2.05, 4.69) is 0 Å². The maximum atomic E-state index is 13.1. The standard InChI is InChI=1S/C21H18F6N2O2/c22-20(23,24)12-28-7-8-29-16(10-28)11-31-18-6-3-14(9-17(18)19(29)30)13-1-4-15(5-2-13)21(25,26)27/h1-6,9,16H,7-8,10-12H2. The van der Waals surface area contributed by atoms with Crippen molar-refractivity contribution in [3.8, 4) is 16.9 Å². The van der Waals surface area contributed by atoms with Crippen LogP contribution in [-0.2, 0) is 6.18 Å². The fourth-order valence-electron chi connectivity index (χ4n) is 3.92. The van der Waals surface area contributed by atoms with E-state index >= 15 is 0 Å². The van der Waals surface area contributed by atoms with Crippen molar-refractivity contribution >= 4 is 5.91 Å². The molecule has 2 aliphatic rings. The van der Waals surface area contributed by atoms with Gasteiger partial charge in [0.05, 0.1) is 23.7 Å². The summed E-state index contributed by atoms with van der Waals surface area (Å²) in [6.45, 7) is -0.711. The average Bonchev–Trinajstić information content (AvgIpc) is 2.83. The fraction of sp³-hybridized carbons (Fsp3) is 0.381. The van der Waals surface area contributed by atoms with Crippen LogP contribution in [0.4, 0.5) is 26.3 Å². The van der Waals surface area contributed by atoms with Crippen LogP contribution in [0.2, 0.25) is 0 Å². The first kappa shape index (κ1) is 21.5. The first-order chi connectivity index (χ1) is 14.5. The monoisotopic (exact) mass is 444 g/mol. The molecule has 10 heteroatoms. The van der Waals surface area contributed by atoms with E-state index in [0.29, 0.717) is 16.9 Å². The van der Waals surface area contributed by atoms with Gasteiger partial charge in [0, 0.05) is 19.6 Å². The van der Waals surface area contributed by atoms with Crippen LogP contribution in [0, 0.1) is 0 Å². The largest absolute Gasteiger partial charge is 0.491 e. The molecule has 0 aromatic heterocycles. The second-order valence-corrected chi connectivity index (χ2v) is 7.60. The molecule has 31 heavy (non-hydrogen) atoms. The molecule has 0 bridgehead atoms. The number of piperazine rings is 1. The first-order valence-electron chi connectivity index (χ1n) is 9.56. The number of halogens is 6. The predicted octanol–water partition coefficient (Wildman–Crippen LogP) is 4.45. The molecule has 2 heterocycles. The van der Waals surface area contributed by atoms with E-state index < -0.39 is 30.5 Å². The number of hydrogen-bond acceptors (Lipinski definition) is 3. The van der Waals surface area contributed by atoms with Gasteiger partial charge in [-0.05, 0) is 35.4 Å². The van der Waals surface area contributed by atoms with E-state index in [-0.39, 0.29) is 37.7 Å². The number of rotatable bonds is 2. The third-order valence-corrected chi connectivity index (χ3v) is 5.42. The molecule has 4 rings (SSSR count). The number of carbonyl (C=O) groups excluding carboxylic acids is 1. The van der Waals surface area contributed by atoms with Gasteiger partial charge in [-0.3, -0.25) is 9.69 Å². The van der Waals surface area contributed by atoms with Crippen LogP contribution in [0.3, 0.4) is 0 Å². The summed E-state index contributed by atoms with van der Waals surface area (Å²) < 4.78 is 82.2. The first-order valence-corrected chi connectivity index (χ1v) is 9.56. The number of nitrogens with zero attached hydrogens (tertiary/aromatic N) is 2. The molecule has 1 unspecified atom stereocenters. The highest BCUT2D eigenvalue weighted by molar-refractivity contribution is 5.99. The van der Waals surface area contributed by atoms with E-state index in [9.17, 15) is 31.1 Å². The molecule has 0 N–H and O–H groups in total. The summed E-state index contributed by atoms with van der Waals surface area (Å²) in [5, 5.41) is 0. The maximum absolute atomic E-state index is 13.1. The highest BCUT2D eigenvalue weighted by Gasteiger charge is 2.39. The van der Waals surface area contributed by atoms with E-state index in [1.165, 1.54) is 21.9 Å². The van der Waals surface area contributed by atoms with Crippen molar-refractivity contribution < 1.29 is 35.9 Å². The number of carbonyl (C=O) groups is 1. The van der Waals surface area contributed by atoms with Gasteiger partial charge in [0.1, 0.15) is 12.4 Å². The lowest BCUT2D eigenvalue weighted by molar-refractivity contribution is -0.151. The van der Waals surface area contributed by atoms with Crippen molar-refractivity contribution in [2.45, 2.75) is 18.4 Å². The van der Waals surface area contributed by atoms with Crippen molar-refractivity contribution in [3.05, 3.63) is 53.6 Å². The zero-order chi connectivity index (χ0) is 22.4. The zero-order valence-electron chi connectivity index (χ0n) is 16.1. The Labute approximate surface area is 174 Å². The highest BCUT2D eigenvalue weighted by atomic mass is 19.4. The average molecular weight is 444 g/mol. The van der Waals surface area contributed by atoms with E-state index in [1.807, 2.05) is 0 Å². The number of ether oxygens (including phenoxy) is 1. The zero-order valence-corrected chi connectivity index (χ0v) is 16.1. The van der Waals surface area contributed by atoms with E-state index in [4.69, 9.17) is 4.74 Å². The molecular formula is C21H18F6N2O2. The Kier molecular flexibility index (Phi) is 5.36. The van der Waals surface area contributed by atoms with Crippen LogP contribution in [0.1, 0.15) is 15.9 Å². The molecule has 2 aliphatic heterocycles. The van der Waals surface area contributed by atoms with Gasteiger partial charge in [0.15, 0.2) is 0 Å². The lowest BCUT2D eigenvalue weighted by atomic mass is 10.00. The Balaban J connectivity index is 1.57. The lowest BCUT2D eigenvalue weighted by Gasteiger charge is -2.40. The quantitative estimate of drug-likeness (QED) is 0.642. The van der Waals surface area contributed by atoms with Crippen LogP contribution in [0.5, 0.6) is 5.75 Å². The Morgan fingerprint density at radius 3 is 2.26 bits per heavy atom. The molecule has 4 nitrogen and oxygen atoms in total. The van der Waals surface area contributed by atoms with Crippen molar-refractivity contribution in [3.63, 3.8) is 0 Å². The van der Waals surface area contributed by atoms with Gasteiger partial charge < -0.3 is 9.64 Å². The molecular weight excluding hydrogens is 426 g/mol. The van der Waals surface area contributed by atoms with E-state index in [0.717, 1.165) is 12.1 Å².